The van der Waals surface area contributed by atoms with E-state index in [1.165, 1.54) is 77.0 Å². The van der Waals surface area contributed by atoms with E-state index in [0.29, 0.717) is 24.2 Å². The fourth-order valence-corrected chi connectivity index (χ4v) is 7.56. The van der Waals surface area contributed by atoms with E-state index in [-0.39, 0.29) is 6.29 Å². The van der Waals surface area contributed by atoms with Gasteiger partial charge in [0.2, 0.25) is 0 Å². The van der Waals surface area contributed by atoms with Crippen LogP contribution in [0.5, 0.6) is 0 Å². The minimum atomic E-state index is -1.51. The maximum absolute atomic E-state index is 12.4. The lowest BCUT2D eigenvalue weighted by Gasteiger charge is -2.42. The fourth-order valence-electron chi connectivity index (χ4n) is 7.56. The summed E-state index contributed by atoms with van der Waals surface area (Å²) in [6, 6.07) is 0. The standard InChI is InChI=1S/C30H48F2O2/c1-2-3-4-5-22-6-13-26(14-7-22)28-20-33-30(34-21-28)27-17-15-25(16-18-27)24-11-8-23(9-12-24)10-19-29(31)32/h2-3,19,22-28,30H,4-18,20-21H2,1H3. The lowest BCUT2D eigenvalue weighted by Crippen LogP contribution is -2.41. The number of hydrogen-bond acceptors (Lipinski definition) is 2. The van der Waals surface area contributed by atoms with Gasteiger partial charge in [0.25, 0.3) is 6.08 Å². The molecule has 0 aromatic heterocycles. The summed E-state index contributed by atoms with van der Waals surface area (Å²) in [4.78, 5) is 0. The van der Waals surface area contributed by atoms with Gasteiger partial charge in [0.1, 0.15) is 0 Å². The highest BCUT2D eigenvalue weighted by molar-refractivity contribution is 4.88. The zero-order valence-corrected chi connectivity index (χ0v) is 21.4. The molecule has 0 N–H and O–H groups in total. The highest BCUT2D eigenvalue weighted by Gasteiger charge is 2.37. The van der Waals surface area contributed by atoms with Crippen LogP contribution in [0.15, 0.2) is 24.3 Å². The Balaban J connectivity index is 1.11. The Hall–Kier alpha value is -0.740. The van der Waals surface area contributed by atoms with Gasteiger partial charge in [0.05, 0.1) is 13.2 Å². The van der Waals surface area contributed by atoms with Crippen molar-refractivity contribution in [3.8, 4) is 0 Å². The largest absolute Gasteiger partial charge is 0.352 e. The van der Waals surface area contributed by atoms with Gasteiger partial charge >= 0.3 is 0 Å². The first kappa shape index (κ1) is 26.3. The molecule has 0 aromatic rings. The minimum Gasteiger partial charge on any atom is -0.352 e. The quantitative estimate of drug-likeness (QED) is 0.324. The Morgan fingerprint density at radius 2 is 1.18 bits per heavy atom. The maximum Gasteiger partial charge on any atom is 0.266 e. The number of halogens is 2. The van der Waals surface area contributed by atoms with Crippen molar-refractivity contribution in [2.24, 2.45) is 41.4 Å². The predicted octanol–water partition coefficient (Wildman–Crippen LogP) is 8.92. The van der Waals surface area contributed by atoms with Gasteiger partial charge in [-0.1, -0.05) is 25.0 Å². The van der Waals surface area contributed by atoms with E-state index in [4.69, 9.17) is 9.47 Å². The molecule has 0 aromatic carbocycles. The van der Waals surface area contributed by atoms with Crippen molar-refractivity contribution < 1.29 is 18.3 Å². The molecule has 194 valence electrons. The van der Waals surface area contributed by atoms with Gasteiger partial charge < -0.3 is 9.47 Å². The molecule has 0 spiro atoms. The lowest BCUT2D eigenvalue weighted by atomic mass is 9.68. The van der Waals surface area contributed by atoms with Crippen molar-refractivity contribution in [2.45, 2.75) is 110 Å². The van der Waals surface area contributed by atoms with Crippen molar-refractivity contribution in [3.05, 3.63) is 24.3 Å². The van der Waals surface area contributed by atoms with Crippen molar-refractivity contribution in [2.75, 3.05) is 13.2 Å². The number of ether oxygens (including phenoxy) is 2. The molecule has 0 bridgehead atoms. The van der Waals surface area contributed by atoms with Crippen molar-refractivity contribution in [1.82, 2.24) is 0 Å². The summed E-state index contributed by atoms with van der Waals surface area (Å²) < 4.78 is 37.4. The third kappa shape index (κ3) is 7.63. The number of allylic oxidation sites excluding steroid dienone is 3. The average Bonchev–Trinajstić information content (AvgIpc) is 2.89. The molecule has 0 atom stereocenters. The van der Waals surface area contributed by atoms with Crippen molar-refractivity contribution in [1.29, 1.82) is 0 Å². The first-order chi connectivity index (χ1) is 16.6. The van der Waals surface area contributed by atoms with Gasteiger partial charge in [-0.25, -0.2) is 0 Å². The van der Waals surface area contributed by atoms with Crippen LogP contribution in [0.25, 0.3) is 0 Å². The number of rotatable bonds is 8. The molecule has 3 aliphatic carbocycles. The van der Waals surface area contributed by atoms with Crippen molar-refractivity contribution >= 4 is 0 Å². The summed E-state index contributed by atoms with van der Waals surface area (Å²) in [6.45, 7) is 3.92. The van der Waals surface area contributed by atoms with Gasteiger partial charge in [-0.3, -0.25) is 0 Å². The summed E-state index contributed by atoms with van der Waals surface area (Å²) in [6.07, 6.45) is 22.5. The second-order valence-electron chi connectivity index (χ2n) is 11.9. The molecule has 1 heterocycles. The maximum atomic E-state index is 12.4. The Morgan fingerprint density at radius 3 is 1.74 bits per heavy atom. The summed E-state index contributed by atoms with van der Waals surface area (Å²) in [7, 11) is 0. The first-order valence-electron chi connectivity index (χ1n) is 14.5. The Labute approximate surface area is 206 Å². The van der Waals surface area contributed by atoms with E-state index in [1.807, 2.05) is 0 Å². The monoisotopic (exact) mass is 478 g/mol. The van der Waals surface area contributed by atoms with E-state index in [9.17, 15) is 8.78 Å². The van der Waals surface area contributed by atoms with Gasteiger partial charge in [-0.15, -0.1) is 0 Å². The molecule has 0 unspecified atom stereocenters. The molecule has 4 fully saturated rings. The normalized spacial score (nSPS) is 39.7. The molecule has 4 aliphatic rings. The molecule has 4 rings (SSSR count). The van der Waals surface area contributed by atoms with E-state index >= 15 is 0 Å². The topological polar surface area (TPSA) is 18.5 Å². The summed E-state index contributed by atoms with van der Waals surface area (Å²) in [5, 5.41) is 0. The van der Waals surface area contributed by atoms with Gasteiger partial charge in [-0.05, 0) is 126 Å². The molecule has 0 radical (unpaired) electrons. The molecular weight excluding hydrogens is 430 g/mol. The van der Waals surface area contributed by atoms with Crippen LogP contribution in [0.1, 0.15) is 103 Å². The molecule has 2 nitrogen and oxygen atoms in total. The third-order valence-electron chi connectivity index (χ3n) is 9.85. The van der Waals surface area contributed by atoms with Crippen LogP contribution in [0.2, 0.25) is 0 Å². The highest BCUT2D eigenvalue weighted by Crippen LogP contribution is 2.44. The van der Waals surface area contributed by atoms with Crippen LogP contribution in [-0.2, 0) is 9.47 Å². The van der Waals surface area contributed by atoms with Crippen LogP contribution < -0.4 is 0 Å². The molecule has 1 saturated heterocycles. The summed E-state index contributed by atoms with van der Waals surface area (Å²) in [5.74, 6) is 4.98. The van der Waals surface area contributed by atoms with E-state index in [1.54, 1.807) is 0 Å². The Bertz CT molecular complexity index is 626. The van der Waals surface area contributed by atoms with Crippen LogP contribution in [0.3, 0.4) is 0 Å². The highest BCUT2D eigenvalue weighted by atomic mass is 19.3. The number of hydrogen-bond donors (Lipinski definition) is 0. The smallest absolute Gasteiger partial charge is 0.266 e. The lowest BCUT2D eigenvalue weighted by molar-refractivity contribution is -0.237. The Kier molecular flexibility index (Phi) is 10.5. The Morgan fingerprint density at radius 1 is 0.676 bits per heavy atom. The fraction of sp³-hybridized carbons (Fsp3) is 0.867. The molecule has 34 heavy (non-hydrogen) atoms. The summed E-state index contributed by atoms with van der Waals surface area (Å²) in [5.41, 5.74) is 0. The molecular formula is C30H48F2O2. The second-order valence-corrected chi connectivity index (χ2v) is 11.9. The van der Waals surface area contributed by atoms with Crippen molar-refractivity contribution in [3.63, 3.8) is 0 Å². The van der Waals surface area contributed by atoms with Gasteiger partial charge in [0.15, 0.2) is 6.29 Å². The van der Waals surface area contributed by atoms with Crippen LogP contribution in [0.4, 0.5) is 8.78 Å². The minimum absolute atomic E-state index is 0.0208. The van der Waals surface area contributed by atoms with E-state index < -0.39 is 6.08 Å². The average molecular weight is 479 g/mol. The molecule has 0 amide bonds. The zero-order valence-electron chi connectivity index (χ0n) is 21.4. The molecule has 4 heteroatoms. The second kappa shape index (κ2) is 13.5. The van der Waals surface area contributed by atoms with E-state index in [2.05, 4.69) is 19.1 Å². The van der Waals surface area contributed by atoms with Crippen LogP contribution in [-0.4, -0.2) is 19.5 Å². The third-order valence-corrected chi connectivity index (χ3v) is 9.85. The SMILES string of the molecule is CC=CCCC1CCC(C2COC(C3CCC(C4CCC(CC=C(F)F)CC4)CC3)OC2)CC1. The molecule has 3 saturated carbocycles. The first-order valence-corrected chi connectivity index (χ1v) is 14.5. The summed E-state index contributed by atoms with van der Waals surface area (Å²) >= 11 is 0. The van der Waals surface area contributed by atoms with Crippen LogP contribution >= 0.6 is 0 Å². The zero-order chi connectivity index (χ0) is 23.8. The predicted molar refractivity (Wildman–Crippen MR) is 134 cm³/mol. The van der Waals surface area contributed by atoms with Crippen LogP contribution in [0, 0.1) is 41.4 Å². The van der Waals surface area contributed by atoms with E-state index in [0.717, 1.165) is 55.8 Å². The molecule has 1 aliphatic heterocycles. The van der Waals surface area contributed by atoms with Gasteiger partial charge in [-0.2, -0.15) is 8.78 Å². The van der Waals surface area contributed by atoms with Gasteiger partial charge in [0, 0.05) is 11.8 Å².